The number of rotatable bonds is 41. The van der Waals surface area contributed by atoms with Gasteiger partial charge in [-0.1, -0.05) is 113 Å². The molecule has 2 aromatic heterocycles. The van der Waals surface area contributed by atoms with E-state index in [4.69, 9.17) is 9.47 Å². The molecule has 612 valence electrons. The van der Waals surface area contributed by atoms with Crippen LogP contribution in [0.15, 0.2) is 24.5 Å². The van der Waals surface area contributed by atoms with Gasteiger partial charge in [-0.15, -0.1) is 10.2 Å². The van der Waals surface area contributed by atoms with E-state index in [1.165, 1.54) is 32.1 Å². The summed E-state index contributed by atoms with van der Waals surface area (Å²) in [7, 11) is 1.14. The SMILES string of the molecule is C=C(C)C(=O)OCC(F)(F)C(F)(F)C(F)(F)C(F)(F)C(F)(F)C(F)(F)C(F)(F)F.CPn1cc(CCCCCCCCCOC(=O)C(C)(C)Br)nn1.CPn1cc(CCCCCCCCCOC(=O)C(C)(C)CC(C)(Br)C(=O)OC(F)(F)C(F)(F)C(F)(F)C(F)(F)C(F)(F)C(F)(F)C(F)(F)F)nn1.[V].[V]. The molecule has 50 heteroatoms. The zero-order valence-electron chi connectivity index (χ0n) is 55.9. The number of halogens is 32. The number of ether oxygens (including phenoxy) is 4. The number of aryl methyl sites for hydroxylation is 2. The maximum atomic E-state index is 14.2. The minimum Gasteiger partial charge on any atom is -0.465 e. The van der Waals surface area contributed by atoms with Crippen molar-refractivity contribution in [3.63, 3.8) is 0 Å². The first kappa shape index (κ1) is 106. The van der Waals surface area contributed by atoms with E-state index in [0.29, 0.717) is 50.8 Å². The zero-order valence-corrected chi connectivity index (χ0v) is 63.9. The first-order valence-corrected chi connectivity index (χ1v) is 34.1. The van der Waals surface area contributed by atoms with Crippen LogP contribution in [0.4, 0.5) is 132 Å². The van der Waals surface area contributed by atoms with Gasteiger partial charge in [0.15, 0.2) is 6.61 Å². The van der Waals surface area contributed by atoms with Gasteiger partial charge in [0.05, 0.1) is 42.4 Å². The number of carbonyl (C=O) groups is 4. The Balaban J connectivity index is -0.00000163. The van der Waals surface area contributed by atoms with E-state index in [9.17, 15) is 151 Å². The minimum atomic E-state index is -8.53. The summed E-state index contributed by atoms with van der Waals surface area (Å²) >= 11 is 5.74. The fraction of sp³-hybridized carbons (Fsp3) is 0.818. The molecule has 0 aliphatic rings. The second-order valence-corrected chi connectivity index (χ2v) is 29.5. The number of aromatic nitrogens is 6. The van der Waals surface area contributed by atoms with E-state index in [1.807, 2.05) is 23.5 Å². The van der Waals surface area contributed by atoms with Crippen molar-refractivity contribution in [1.82, 2.24) is 29.5 Å². The second kappa shape index (κ2) is 40.3. The summed E-state index contributed by atoms with van der Waals surface area (Å²) in [6, 6.07) is 0. The topological polar surface area (TPSA) is 167 Å². The third kappa shape index (κ3) is 26.7. The summed E-state index contributed by atoms with van der Waals surface area (Å²) in [5.74, 6) is -94.7. The molecule has 14 nitrogen and oxygen atoms in total. The van der Waals surface area contributed by atoms with Crippen LogP contribution >= 0.6 is 49.3 Å². The van der Waals surface area contributed by atoms with Crippen LogP contribution in [0, 0.1) is 5.41 Å². The molecule has 2 aromatic rings. The van der Waals surface area contributed by atoms with Gasteiger partial charge < -0.3 is 18.9 Å². The van der Waals surface area contributed by atoms with Crippen LogP contribution < -0.4 is 0 Å². The summed E-state index contributed by atoms with van der Waals surface area (Å²) in [5.41, 5.74) is -0.667. The Hall–Kier alpha value is -3.21. The number of nitrogens with zero attached hydrogens (tertiary/aromatic N) is 6. The largest absolute Gasteiger partial charge is 0.473 e. The van der Waals surface area contributed by atoms with Crippen molar-refractivity contribution < 1.29 is 207 Å². The van der Waals surface area contributed by atoms with Gasteiger partial charge in [0.25, 0.3) is 0 Å². The van der Waals surface area contributed by atoms with Crippen molar-refractivity contribution in [2.45, 2.75) is 243 Å². The average Bonchev–Trinajstić information content (AvgIpc) is 0.930. The van der Waals surface area contributed by atoms with E-state index in [1.54, 1.807) is 18.3 Å². The maximum absolute atomic E-state index is 14.2. The van der Waals surface area contributed by atoms with Crippen LogP contribution in [0.2, 0.25) is 0 Å². The number of hydrogen-bond donors (Lipinski definition) is 0. The van der Waals surface area contributed by atoms with Gasteiger partial charge in [0, 0.05) is 60.1 Å². The molecule has 0 spiro atoms. The molecule has 2 radical (unpaired) electrons. The van der Waals surface area contributed by atoms with E-state index < -0.39 is 134 Å². The molecule has 2 heterocycles. The molecule has 0 fully saturated rings. The van der Waals surface area contributed by atoms with E-state index in [0.717, 1.165) is 83.0 Å². The van der Waals surface area contributed by atoms with Crippen LogP contribution in [0.5, 0.6) is 0 Å². The fourth-order valence-corrected chi connectivity index (χ4v) is 9.63. The van der Waals surface area contributed by atoms with Gasteiger partial charge in [-0.05, 0) is 99.8 Å². The van der Waals surface area contributed by atoms with Crippen LogP contribution in [-0.4, -0.2) is 179 Å². The van der Waals surface area contributed by atoms with Crippen molar-refractivity contribution in [3.05, 3.63) is 35.9 Å². The Labute approximate surface area is 624 Å². The summed E-state index contributed by atoms with van der Waals surface area (Å²) in [6.45, 7) is 11.0. The van der Waals surface area contributed by atoms with Crippen molar-refractivity contribution in [2.75, 3.05) is 33.2 Å². The molecule has 0 aromatic carbocycles. The standard InChI is InChI=1S/C27H34BrF15N3O4P.C16H29BrN3O2P.C12H7F15O2.2V/c1-19(2,17(47)49-13-11-9-7-5-6-8-10-12-16-14-46(51-4)45-44-16)15-20(3,28)18(48)50-27(42,43)25(37,38)23(33,34)21(29,30)22(31,32)24(35,36)26(39,40)41;1-16(2,17)15(21)22-12-10-8-6-4-5-7-9-11-14-13-20(23-3)19-18-14;1-4(2)5(28)29-3-6(13,14)7(15,16)8(17,18)9(19,20)10(21,22)11(23,24)12(25,26)27;;/h14,51H,5-13,15H2,1-4H3;13,23H,4-12H2,1-3H3;1,3H2,2H3;;. The van der Waals surface area contributed by atoms with Crippen LogP contribution in [0.1, 0.15) is 149 Å². The summed E-state index contributed by atoms with van der Waals surface area (Å²) in [4.78, 5) is 47.2. The zero-order chi connectivity index (χ0) is 81.3. The molecule has 0 saturated heterocycles. The van der Waals surface area contributed by atoms with Crippen molar-refractivity contribution >= 4 is 73.2 Å². The molecular formula is C55H70Br2F30N6O8P2V2. The van der Waals surface area contributed by atoms with E-state index >= 15 is 0 Å². The van der Waals surface area contributed by atoms with Gasteiger partial charge in [-0.2, -0.15) is 132 Å². The second-order valence-electron chi connectivity index (χ2n) is 23.9. The molecule has 3 atom stereocenters. The van der Waals surface area contributed by atoms with Gasteiger partial charge in [0.2, 0.25) is 0 Å². The smallest absolute Gasteiger partial charge is 0.465 e. The first-order chi connectivity index (χ1) is 46.0. The predicted octanol–water partition coefficient (Wildman–Crippen LogP) is 19.4. The molecule has 0 aliphatic carbocycles. The predicted molar refractivity (Wildman–Crippen MR) is 315 cm³/mol. The Kier molecular flexibility index (Phi) is 40.7. The van der Waals surface area contributed by atoms with Crippen molar-refractivity contribution in [3.8, 4) is 0 Å². The molecule has 105 heavy (non-hydrogen) atoms. The number of alkyl halides is 32. The Bertz CT molecular complexity index is 3050. The van der Waals surface area contributed by atoms with Crippen LogP contribution in [0.25, 0.3) is 0 Å². The summed E-state index contributed by atoms with van der Waals surface area (Å²) < 4.78 is 411. The number of carbonyl (C=O) groups excluding carboxylic acids is 4. The van der Waals surface area contributed by atoms with Crippen molar-refractivity contribution in [2.24, 2.45) is 5.41 Å². The van der Waals surface area contributed by atoms with E-state index in [-0.39, 0.29) is 49.7 Å². The Morgan fingerprint density at radius 1 is 0.429 bits per heavy atom. The summed E-state index contributed by atoms with van der Waals surface area (Å²) in [5, 5.41) is 16.2. The Morgan fingerprint density at radius 2 is 0.724 bits per heavy atom. The van der Waals surface area contributed by atoms with Gasteiger partial charge in [-0.3, -0.25) is 14.4 Å². The summed E-state index contributed by atoms with van der Waals surface area (Å²) in [6.07, 6.45) is -4.29. The van der Waals surface area contributed by atoms with Crippen molar-refractivity contribution in [1.29, 1.82) is 0 Å². The monoisotopic (exact) mass is 1830 g/mol. The van der Waals surface area contributed by atoms with Crippen LogP contribution in [-0.2, 0) is 88.1 Å². The normalized spacial score (nSPS) is 14.5. The number of hydrogen-bond acceptors (Lipinski definition) is 12. The van der Waals surface area contributed by atoms with Gasteiger partial charge >= 0.3 is 107 Å². The van der Waals surface area contributed by atoms with Gasteiger partial charge in [-0.25, -0.2) is 13.7 Å². The molecule has 0 saturated carbocycles. The molecule has 0 aliphatic heterocycles. The number of unbranched alkanes of at least 4 members (excludes halogenated alkanes) is 12. The first-order valence-electron chi connectivity index (χ1n) is 29.7. The molecule has 0 bridgehead atoms. The minimum absolute atomic E-state index is 0. The molecule has 0 N–H and O–H groups in total. The van der Waals surface area contributed by atoms with Crippen LogP contribution in [0.3, 0.4) is 0 Å². The molecular weight excluding hydrogens is 1770 g/mol. The quantitative estimate of drug-likeness (QED) is 0.0118. The van der Waals surface area contributed by atoms with E-state index in [2.05, 4.69) is 75.2 Å². The molecule has 3 unspecified atom stereocenters. The molecule has 0 amide bonds. The Morgan fingerprint density at radius 3 is 1.03 bits per heavy atom. The fourth-order valence-electron chi connectivity index (χ4n) is 7.91. The van der Waals surface area contributed by atoms with Gasteiger partial charge in [0.1, 0.15) is 8.65 Å². The molecule has 2 rings (SSSR count). The number of esters is 4. The maximum Gasteiger partial charge on any atom is 0.473 e. The third-order valence-corrected chi connectivity index (χ3v) is 16.3. The third-order valence-electron chi connectivity index (χ3n) is 14.0. The average molecular weight is 1840 g/mol.